The van der Waals surface area contributed by atoms with E-state index in [0.29, 0.717) is 0 Å². The Bertz CT molecular complexity index is 534. The van der Waals surface area contributed by atoms with Crippen molar-refractivity contribution in [2.24, 2.45) is 0 Å². The summed E-state index contributed by atoms with van der Waals surface area (Å²) in [5, 5.41) is 2.84. The van der Waals surface area contributed by atoms with Gasteiger partial charge in [0.1, 0.15) is 8.80 Å². The molecule has 0 aliphatic heterocycles. The van der Waals surface area contributed by atoms with Crippen LogP contribution in [0.4, 0.5) is 0 Å². The number of alkyl halides is 1. The Morgan fingerprint density at radius 1 is 0.889 bits per heavy atom. The maximum Gasteiger partial charge on any atom is 0.136 e. The molecular formula is C16H18ClSi. The zero-order chi connectivity index (χ0) is 13.1. The first kappa shape index (κ1) is 13.4. The van der Waals surface area contributed by atoms with Gasteiger partial charge in [0.2, 0.25) is 0 Å². The van der Waals surface area contributed by atoms with Crippen molar-refractivity contribution in [2.45, 2.75) is 20.8 Å². The van der Waals surface area contributed by atoms with Crippen LogP contribution in [-0.4, -0.2) is 14.3 Å². The average Bonchev–Trinajstić information content (AvgIpc) is 2.41. The topological polar surface area (TPSA) is 0 Å². The zero-order valence-electron chi connectivity index (χ0n) is 11.1. The average molecular weight is 274 g/mol. The van der Waals surface area contributed by atoms with Gasteiger partial charge in [-0.15, -0.1) is 11.6 Å². The van der Waals surface area contributed by atoms with E-state index in [-0.39, 0.29) is 0 Å². The summed E-state index contributed by atoms with van der Waals surface area (Å²) in [6, 6.07) is 15.1. The zero-order valence-corrected chi connectivity index (χ0v) is 12.9. The van der Waals surface area contributed by atoms with E-state index in [2.05, 4.69) is 63.2 Å². The van der Waals surface area contributed by atoms with Crippen molar-refractivity contribution in [1.29, 1.82) is 0 Å². The first-order valence-corrected chi connectivity index (χ1v) is 8.43. The van der Waals surface area contributed by atoms with Gasteiger partial charge in [0.05, 0.1) is 0 Å². The minimum absolute atomic E-state index is 0.720. The fraction of sp³-hybridized carbons (Fsp3) is 0.250. The molecular weight excluding hydrogens is 256 g/mol. The van der Waals surface area contributed by atoms with E-state index in [1.165, 1.54) is 27.1 Å². The number of hydrogen-bond donors (Lipinski definition) is 0. The summed E-state index contributed by atoms with van der Waals surface area (Å²) in [6.45, 7) is 6.59. The summed E-state index contributed by atoms with van der Waals surface area (Å²) in [5.74, 6) is 0. The molecule has 0 bridgehead atoms. The van der Waals surface area contributed by atoms with E-state index in [9.17, 15) is 0 Å². The van der Waals surface area contributed by atoms with Gasteiger partial charge in [0.25, 0.3) is 0 Å². The number of halogens is 1. The van der Waals surface area contributed by atoms with Gasteiger partial charge in [-0.05, 0) is 37.5 Å². The standard InChI is InChI=1S/C16H18ClSi/c1-12-9-10-16(14(3)13(12)2)18(11-17)15-7-5-4-6-8-15/h4-10H,11H2,1-3H3. The van der Waals surface area contributed by atoms with Gasteiger partial charge in [-0.1, -0.05) is 52.8 Å². The molecule has 0 aromatic heterocycles. The molecule has 0 saturated heterocycles. The quantitative estimate of drug-likeness (QED) is 0.596. The number of aryl methyl sites for hydroxylation is 1. The molecule has 0 fully saturated rings. The maximum atomic E-state index is 6.25. The van der Waals surface area contributed by atoms with Crippen molar-refractivity contribution in [3.05, 3.63) is 59.2 Å². The highest BCUT2D eigenvalue weighted by atomic mass is 35.5. The van der Waals surface area contributed by atoms with Crippen LogP contribution in [0.1, 0.15) is 16.7 Å². The minimum atomic E-state index is -0.842. The lowest BCUT2D eigenvalue weighted by atomic mass is 10.1. The van der Waals surface area contributed by atoms with Crippen molar-refractivity contribution in [3.63, 3.8) is 0 Å². The molecule has 0 atom stereocenters. The van der Waals surface area contributed by atoms with Crippen LogP contribution in [0.15, 0.2) is 42.5 Å². The van der Waals surface area contributed by atoms with Gasteiger partial charge in [0.15, 0.2) is 0 Å². The number of hydrogen-bond acceptors (Lipinski definition) is 0. The molecule has 0 aliphatic carbocycles. The Morgan fingerprint density at radius 2 is 1.56 bits per heavy atom. The fourth-order valence-corrected chi connectivity index (χ4v) is 5.25. The van der Waals surface area contributed by atoms with Gasteiger partial charge >= 0.3 is 0 Å². The lowest BCUT2D eigenvalue weighted by Crippen LogP contribution is -2.45. The van der Waals surface area contributed by atoms with E-state index < -0.39 is 8.80 Å². The van der Waals surface area contributed by atoms with Crippen molar-refractivity contribution in [1.82, 2.24) is 0 Å². The van der Waals surface area contributed by atoms with Crippen LogP contribution in [0.2, 0.25) is 0 Å². The molecule has 0 spiro atoms. The first-order chi connectivity index (χ1) is 8.65. The lowest BCUT2D eigenvalue weighted by molar-refractivity contribution is 1.28. The van der Waals surface area contributed by atoms with Gasteiger partial charge < -0.3 is 0 Å². The van der Waals surface area contributed by atoms with Crippen molar-refractivity contribution in [2.75, 3.05) is 5.50 Å². The highest BCUT2D eigenvalue weighted by molar-refractivity contribution is 6.89. The normalized spacial score (nSPS) is 10.9. The van der Waals surface area contributed by atoms with Gasteiger partial charge in [-0.25, -0.2) is 0 Å². The van der Waals surface area contributed by atoms with Crippen LogP contribution >= 0.6 is 11.6 Å². The third-order valence-electron chi connectivity index (χ3n) is 3.64. The fourth-order valence-electron chi connectivity index (χ4n) is 2.23. The van der Waals surface area contributed by atoms with Crippen LogP contribution in [0.25, 0.3) is 0 Å². The second-order valence-corrected chi connectivity index (χ2v) is 7.80. The molecule has 18 heavy (non-hydrogen) atoms. The monoisotopic (exact) mass is 273 g/mol. The Morgan fingerprint density at radius 3 is 2.17 bits per heavy atom. The van der Waals surface area contributed by atoms with Crippen LogP contribution < -0.4 is 10.4 Å². The molecule has 0 heterocycles. The van der Waals surface area contributed by atoms with Crippen LogP contribution in [0.5, 0.6) is 0 Å². The van der Waals surface area contributed by atoms with E-state index in [1.54, 1.807) is 0 Å². The summed E-state index contributed by atoms with van der Waals surface area (Å²) in [4.78, 5) is 0. The molecule has 0 saturated carbocycles. The largest absolute Gasteiger partial charge is 0.136 e. The minimum Gasteiger partial charge on any atom is -0.130 e. The van der Waals surface area contributed by atoms with Crippen molar-refractivity contribution < 1.29 is 0 Å². The summed E-state index contributed by atoms with van der Waals surface area (Å²) in [7, 11) is -0.842. The van der Waals surface area contributed by atoms with Crippen LogP contribution in [0, 0.1) is 20.8 Å². The van der Waals surface area contributed by atoms with E-state index in [0.717, 1.165) is 5.50 Å². The third-order valence-corrected chi connectivity index (χ3v) is 6.93. The smallest absolute Gasteiger partial charge is 0.130 e. The predicted molar refractivity (Wildman–Crippen MR) is 82.8 cm³/mol. The van der Waals surface area contributed by atoms with Crippen LogP contribution in [-0.2, 0) is 0 Å². The second-order valence-electron chi connectivity index (χ2n) is 4.66. The molecule has 2 rings (SSSR count). The number of benzene rings is 2. The highest BCUT2D eigenvalue weighted by Gasteiger charge is 2.18. The Labute approximate surface area is 116 Å². The Balaban J connectivity index is 2.50. The SMILES string of the molecule is Cc1ccc([Si](CCl)c2ccccc2)c(C)c1C. The summed E-state index contributed by atoms with van der Waals surface area (Å²) in [5.41, 5.74) is 4.89. The maximum absolute atomic E-state index is 6.25. The van der Waals surface area contributed by atoms with Gasteiger partial charge in [0, 0.05) is 5.50 Å². The molecule has 0 nitrogen and oxygen atoms in total. The molecule has 93 valence electrons. The molecule has 1 radical (unpaired) electrons. The van der Waals surface area contributed by atoms with E-state index in [4.69, 9.17) is 11.6 Å². The lowest BCUT2D eigenvalue weighted by Gasteiger charge is -2.18. The van der Waals surface area contributed by atoms with Gasteiger partial charge in [-0.2, -0.15) is 0 Å². The molecule has 2 aromatic carbocycles. The Kier molecular flexibility index (Phi) is 4.26. The summed E-state index contributed by atoms with van der Waals surface area (Å²) in [6.07, 6.45) is 0. The molecule has 0 aliphatic rings. The summed E-state index contributed by atoms with van der Waals surface area (Å²) >= 11 is 6.25. The Hall–Kier alpha value is -1.05. The molecule has 2 aromatic rings. The number of rotatable bonds is 3. The predicted octanol–water partition coefficient (Wildman–Crippen LogP) is 3.00. The second kappa shape index (κ2) is 5.72. The molecule has 2 heteroatoms. The first-order valence-electron chi connectivity index (χ1n) is 6.19. The molecule has 0 N–H and O–H groups in total. The summed E-state index contributed by atoms with van der Waals surface area (Å²) < 4.78 is 0. The van der Waals surface area contributed by atoms with E-state index >= 15 is 0 Å². The molecule has 0 unspecified atom stereocenters. The van der Waals surface area contributed by atoms with E-state index in [1.807, 2.05) is 0 Å². The third kappa shape index (κ3) is 2.52. The van der Waals surface area contributed by atoms with Gasteiger partial charge in [-0.3, -0.25) is 0 Å². The van der Waals surface area contributed by atoms with Crippen molar-refractivity contribution >= 4 is 30.8 Å². The van der Waals surface area contributed by atoms with Crippen LogP contribution in [0.3, 0.4) is 0 Å². The highest BCUT2D eigenvalue weighted by Crippen LogP contribution is 2.11. The molecule has 0 amide bonds. The van der Waals surface area contributed by atoms with Crippen molar-refractivity contribution in [3.8, 4) is 0 Å².